The van der Waals surface area contributed by atoms with Gasteiger partial charge in [-0.1, -0.05) is 54.0 Å². The number of hydrogen-bond donors (Lipinski definition) is 1. The summed E-state index contributed by atoms with van der Waals surface area (Å²) in [4.78, 5) is 16.7. The average Bonchev–Trinajstić information content (AvgIpc) is 3.11. The lowest BCUT2D eigenvalue weighted by atomic mass is 10.1. The Bertz CT molecular complexity index is 915. The number of nitrogens with one attached hydrogen (secondary N) is 1. The normalized spacial score (nSPS) is 10.7. The molecule has 0 atom stereocenters. The molecule has 134 valence electrons. The molecule has 0 radical (unpaired) electrons. The Labute approximate surface area is 153 Å². The molecule has 5 nitrogen and oxygen atoms in total. The number of aryl methyl sites for hydroxylation is 4. The lowest BCUT2D eigenvalue weighted by molar-refractivity contribution is -0.116. The van der Waals surface area contributed by atoms with E-state index in [-0.39, 0.29) is 5.91 Å². The van der Waals surface area contributed by atoms with Gasteiger partial charge < -0.3 is 9.84 Å². The highest BCUT2D eigenvalue weighted by atomic mass is 16.5. The van der Waals surface area contributed by atoms with Crippen LogP contribution >= 0.6 is 0 Å². The molecule has 0 fully saturated rings. The number of aromatic nitrogens is 2. The van der Waals surface area contributed by atoms with Gasteiger partial charge in [0.25, 0.3) is 0 Å². The summed E-state index contributed by atoms with van der Waals surface area (Å²) in [5.74, 6) is 0.970. The summed E-state index contributed by atoms with van der Waals surface area (Å²) in [6.45, 7) is 6.10. The van der Waals surface area contributed by atoms with Crippen molar-refractivity contribution in [1.29, 1.82) is 0 Å². The summed E-state index contributed by atoms with van der Waals surface area (Å²) in [6, 6.07) is 14.0. The zero-order chi connectivity index (χ0) is 18.5. The molecule has 3 aromatic rings. The van der Waals surface area contributed by atoms with Gasteiger partial charge in [0.05, 0.1) is 0 Å². The van der Waals surface area contributed by atoms with Crippen molar-refractivity contribution in [1.82, 2.24) is 10.1 Å². The molecule has 0 saturated heterocycles. The van der Waals surface area contributed by atoms with Crippen LogP contribution in [-0.2, 0) is 17.6 Å². The Morgan fingerprint density at radius 3 is 2.73 bits per heavy atom. The van der Waals surface area contributed by atoms with Gasteiger partial charge in [0.1, 0.15) is 0 Å². The third-order valence-electron chi connectivity index (χ3n) is 4.31. The van der Waals surface area contributed by atoms with Gasteiger partial charge in [0.2, 0.25) is 17.6 Å². The number of carbonyl (C=O) groups excluding carboxylic acids is 1. The highest BCUT2D eigenvalue weighted by molar-refractivity contribution is 5.92. The van der Waals surface area contributed by atoms with Gasteiger partial charge in [-0.3, -0.25) is 4.79 Å². The Morgan fingerprint density at radius 1 is 1.15 bits per heavy atom. The van der Waals surface area contributed by atoms with E-state index in [1.165, 1.54) is 0 Å². The fourth-order valence-corrected chi connectivity index (χ4v) is 2.88. The lowest BCUT2D eigenvalue weighted by Gasteiger charge is -2.12. The number of carbonyl (C=O) groups is 1. The van der Waals surface area contributed by atoms with Crippen LogP contribution in [0.3, 0.4) is 0 Å². The molecule has 0 unspecified atom stereocenters. The smallest absolute Gasteiger partial charge is 0.227 e. The minimum Gasteiger partial charge on any atom is -0.339 e. The quantitative estimate of drug-likeness (QED) is 0.712. The molecule has 0 aliphatic heterocycles. The number of para-hydroxylation sites is 1. The van der Waals surface area contributed by atoms with Crippen molar-refractivity contribution in [2.24, 2.45) is 0 Å². The highest BCUT2D eigenvalue weighted by Gasteiger charge is 2.12. The van der Waals surface area contributed by atoms with E-state index < -0.39 is 0 Å². The van der Waals surface area contributed by atoms with Crippen molar-refractivity contribution < 1.29 is 9.32 Å². The van der Waals surface area contributed by atoms with Crippen molar-refractivity contribution in [2.45, 2.75) is 40.0 Å². The van der Waals surface area contributed by atoms with E-state index in [4.69, 9.17) is 4.52 Å². The topological polar surface area (TPSA) is 68.0 Å². The predicted octanol–water partition coefficient (Wildman–Crippen LogP) is 4.49. The van der Waals surface area contributed by atoms with Gasteiger partial charge >= 0.3 is 0 Å². The van der Waals surface area contributed by atoms with Crippen molar-refractivity contribution in [3.63, 3.8) is 0 Å². The molecule has 1 heterocycles. The number of rotatable bonds is 6. The van der Waals surface area contributed by atoms with Gasteiger partial charge in [-0.2, -0.15) is 4.98 Å². The largest absolute Gasteiger partial charge is 0.339 e. The van der Waals surface area contributed by atoms with Crippen molar-refractivity contribution in [2.75, 3.05) is 5.32 Å². The van der Waals surface area contributed by atoms with Crippen LogP contribution in [0.15, 0.2) is 47.0 Å². The van der Waals surface area contributed by atoms with Crippen LogP contribution < -0.4 is 5.32 Å². The lowest BCUT2D eigenvalue weighted by Crippen LogP contribution is -2.14. The Kier molecular flexibility index (Phi) is 5.46. The third kappa shape index (κ3) is 4.17. The van der Waals surface area contributed by atoms with Crippen molar-refractivity contribution in [3.05, 3.63) is 65.0 Å². The van der Waals surface area contributed by atoms with Crippen LogP contribution in [0.1, 0.15) is 35.9 Å². The summed E-state index contributed by atoms with van der Waals surface area (Å²) in [5, 5.41) is 7.03. The number of anilines is 1. The number of nitrogens with zero attached hydrogens (tertiary/aromatic N) is 2. The average molecular weight is 349 g/mol. The van der Waals surface area contributed by atoms with E-state index >= 15 is 0 Å². The number of hydrogen-bond acceptors (Lipinski definition) is 4. The molecule has 0 aliphatic rings. The molecule has 26 heavy (non-hydrogen) atoms. The van der Waals surface area contributed by atoms with E-state index in [2.05, 4.69) is 22.4 Å². The molecule has 0 spiro atoms. The molecule has 1 aromatic heterocycles. The monoisotopic (exact) mass is 349 g/mol. The molecule has 0 bridgehead atoms. The van der Waals surface area contributed by atoms with Crippen LogP contribution in [0.25, 0.3) is 11.4 Å². The van der Waals surface area contributed by atoms with Gasteiger partial charge in [0.15, 0.2) is 0 Å². The molecule has 2 aromatic carbocycles. The second-order valence-corrected chi connectivity index (χ2v) is 6.39. The van der Waals surface area contributed by atoms with Gasteiger partial charge in [-0.05, 0) is 37.5 Å². The van der Waals surface area contributed by atoms with Gasteiger partial charge in [-0.15, -0.1) is 0 Å². The molecule has 0 aliphatic carbocycles. The number of benzene rings is 2. The summed E-state index contributed by atoms with van der Waals surface area (Å²) >= 11 is 0. The Morgan fingerprint density at radius 2 is 1.96 bits per heavy atom. The molecule has 3 rings (SSSR count). The second kappa shape index (κ2) is 7.95. The first-order valence-corrected chi connectivity index (χ1v) is 8.84. The third-order valence-corrected chi connectivity index (χ3v) is 4.31. The minimum atomic E-state index is -0.0516. The van der Waals surface area contributed by atoms with E-state index in [9.17, 15) is 4.79 Å². The molecule has 5 heteroatoms. The first-order valence-electron chi connectivity index (χ1n) is 8.84. The maximum Gasteiger partial charge on any atom is 0.227 e. The Hall–Kier alpha value is -2.95. The van der Waals surface area contributed by atoms with Crippen molar-refractivity contribution >= 4 is 11.6 Å². The van der Waals surface area contributed by atoms with Crippen LogP contribution in [0, 0.1) is 13.8 Å². The Balaban J connectivity index is 1.62. The standard InChI is InChI=1S/C21H23N3O2/c1-4-16-9-6-8-15(3)20(16)22-18(25)11-12-19-23-21(24-26-19)17-10-5-7-14(2)13-17/h5-10,13H,4,11-12H2,1-3H3,(H,22,25). The highest BCUT2D eigenvalue weighted by Crippen LogP contribution is 2.22. The van der Waals surface area contributed by atoms with Crippen LogP contribution in [0.4, 0.5) is 5.69 Å². The first-order chi connectivity index (χ1) is 12.6. The first kappa shape index (κ1) is 17.9. The summed E-state index contributed by atoms with van der Waals surface area (Å²) in [5.41, 5.74) is 5.16. The summed E-state index contributed by atoms with van der Waals surface area (Å²) < 4.78 is 5.29. The number of amides is 1. The van der Waals surface area contributed by atoms with Crippen LogP contribution in [0.2, 0.25) is 0 Å². The molecular formula is C21H23N3O2. The van der Waals surface area contributed by atoms with Gasteiger partial charge in [0, 0.05) is 24.1 Å². The second-order valence-electron chi connectivity index (χ2n) is 6.39. The van der Waals surface area contributed by atoms with Crippen LogP contribution in [-0.4, -0.2) is 16.0 Å². The zero-order valence-corrected chi connectivity index (χ0v) is 15.4. The van der Waals surface area contributed by atoms with Gasteiger partial charge in [-0.25, -0.2) is 0 Å². The van der Waals surface area contributed by atoms with Crippen LogP contribution in [0.5, 0.6) is 0 Å². The molecule has 1 N–H and O–H groups in total. The van der Waals surface area contributed by atoms with Crippen molar-refractivity contribution in [3.8, 4) is 11.4 Å². The SMILES string of the molecule is CCc1cccc(C)c1NC(=O)CCc1nc(-c2cccc(C)c2)no1. The fourth-order valence-electron chi connectivity index (χ4n) is 2.88. The van der Waals surface area contributed by atoms with E-state index in [0.29, 0.717) is 24.6 Å². The predicted molar refractivity (Wildman–Crippen MR) is 102 cm³/mol. The summed E-state index contributed by atoms with van der Waals surface area (Å²) in [6.07, 6.45) is 1.59. The minimum absolute atomic E-state index is 0.0516. The molecular weight excluding hydrogens is 326 g/mol. The van der Waals surface area contributed by atoms with E-state index in [1.54, 1.807) is 0 Å². The van der Waals surface area contributed by atoms with E-state index in [0.717, 1.165) is 34.4 Å². The fraction of sp³-hybridized carbons (Fsp3) is 0.286. The molecule has 1 amide bonds. The maximum absolute atomic E-state index is 12.3. The summed E-state index contributed by atoms with van der Waals surface area (Å²) in [7, 11) is 0. The zero-order valence-electron chi connectivity index (χ0n) is 15.4. The maximum atomic E-state index is 12.3. The van der Waals surface area contributed by atoms with E-state index in [1.807, 2.05) is 56.3 Å². The molecule has 0 saturated carbocycles.